The summed E-state index contributed by atoms with van der Waals surface area (Å²) in [7, 11) is 0. The van der Waals surface area contributed by atoms with Crippen LogP contribution in [0.25, 0.3) is 177 Å². The number of nitrogens with zero attached hydrogens (tertiary/aromatic N) is 10. The lowest BCUT2D eigenvalue weighted by atomic mass is 9.87. The van der Waals surface area contributed by atoms with E-state index in [1.165, 1.54) is 43.8 Å². The van der Waals surface area contributed by atoms with Gasteiger partial charge >= 0.3 is 0 Å². The maximum Gasteiger partial charge on any atom is 0.0991 e. The minimum absolute atomic E-state index is 0.466. The van der Waals surface area contributed by atoms with Crippen LogP contribution in [0.5, 0.6) is 0 Å². The summed E-state index contributed by atoms with van der Waals surface area (Å²) in [4.78, 5) is 12.0. The lowest BCUT2D eigenvalue weighted by molar-refractivity contribution is 1.10. The molecule has 0 radical (unpaired) electrons. The summed E-state index contributed by atoms with van der Waals surface area (Å²) < 4.78 is 9.29. The zero-order valence-corrected chi connectivity index (χ0v) is 58.2. The van der Waals surface area contributed by atoms with Gasteiger partial charge in [0.25, 0.3) is 0 Å². The van der Waals surface area contributed by atoms with Gasteiger partial charge in [-0.05, 0) is 197 Å². The maximum absolute atomic E-state index is 10.8. The predicted octanol–water partition coefficient (Wildman–Crippen LogP) is 23.6. The maximum atomic E-state index is 10.8. The average molecular weight is 1350 g/mol. The topological polar surface area (TPSA) is 141 Å². The third-order valence-electron chi connectivity index (χ3n) is 21.1. The molecule has 10 nitrogen and oxygen atoms in total. The van der Waals surface area contributed by atoms with Gasteiger partial charge < -0.3 is 18.3 Å². The van der Waals surface area contributed by atoms with E-state index in [0.29, 0.717) is 45.0 Å². The minimum atomic E-state index is 0.466. The molecule has 0 saturated carbocycles. The molecule has 0 aliphatic rings. The third kappa shape index (κ3) is 9.90. The number of hydrogen-bond acceptors (Lipinski definition) is 6. The molecule has 0 aliphatic carbocycles. The van der Waals surface area contributed by atoms with Crippen LogP contribution >= 0.6 is 0 Å². The summed E-state index contributed by atoms with van der Waals surface area (Å²) >= 11 is 0. The lowest BCUT2D eigenvalue weighted by Crippen LogP contribution is -2.11. The molecule has 0 aliphatic heterocycles. The number of nitriles is 4. The number of fused-ring (bicyclic) bond motifs is 12. The Bertz CT molecular complexity index is 6540. The van der Waals surface area contributed by atoms with Crippen molar-refractivity contribution >= 4 is 87.2 Å². The zero-order chi connectivity index (χ0) is 71.6. The van der Waals surface area contributed by atoms with Gasteiger partial charge in [0.1, 0.15) is 0 Å². The molecule has 10 heteroatoms. The molecule has 19 rings (SSSR count). The summed E-state index contributed by atoms with van der Waals surface area (Å²) in [6.45, 7) is 8.57. The number of aromatic nitrogens is 6. The molecule has 106 heavy (non-hydrogen) atoms. The lowest BCUT2D eigenvalue weighted by Gasteiger charge is -2.27. The number of pyridine rings is 2. The van der Waals surface area contributed by atoms with Crippen molar-refractivity contribution in [3.8, 4) is 114 Å². The van der Waals surface area contributed by atoms with Crippen LogP contribution < -0.4 is 0 Å². The molecule has 0 amide bonds. The average Bonchev–Trinajstić information content (AvgIpc) is 1.49. The van der Waals surface area contributed by atoms with Crippen LogP contribution in [0.4, 0.5) is 0 Å². The number of aryl methyl sites for hydroxylation is 4. The Morgan fingerprint density at radius 3 is 0.925 bits per heavy atom. The number of hydrogen-bond donors (Lipinski definition) is 0. The summed E-state index contributed by atoms with van der Waals surface area (Å²) in [5, 5.41) is 50.9. The van der Waals surface area contributed by atoms with Gasteiger partial charge in [-0.1, -0.05) is 156 Å². The van der Waals surface area contributed by atoms with Crippen molar-refractivity contribution in [3.05, 3.63) is 336 Å². The Kier molecular flexibility index (Phi) is 14.4. The number of rotatable bonds is 10. The summed E-state index contributed by atoms with van der Waals surface area (Å²) in [6, 6.07) is 111. The van der Waals surface area contributed by atoms with Gasteiger partial charge in [0.05, 0.1) is 125 Å². The Hall–Kier alpha value is -14.7. The highest BCUT2D eigenvalue weighted by molar-refractivity contribution is 6.16. The van der Waals surface area contributed by atoms with Gasteiger partial charge in [-0.3, -0.25) is 0 Å². The molecule has 6 heterocycles. The quantitative estimate of drug-likeness (QED) is 0.134. The van der Waals surface area contributed by atoms with Crippen molar-refractivity contribution in [2.24, 2.45) is 0 Å². The Morgan fingerprint density at radius 1 is 0.245 bits per heavy atom. The van der Waals surface area contributed by atoms with E-state index in [0.717, 1.165) is 133 Å². The van der Waals surface area contributed by atoms with E-state index in [9.17, 15) is 21.0 Å². The first-order valence-electron chi connectivity index (χ1n) is 35.3. The van der Waals surface area contributed by atoms with E-state index in [4.69, 9.17) is 9.97 Å². The molecule has 0 atom stereocenters. The second kappa shape index (κ2) is 24.6. The van der Waals surface area contributed by atoms with Crippen LogP contribution in [0.2, 0.25) is 0 Å². The largest absolute Gasteiger partial charge is 0.309 e. The molecule has 0 saturated heterocycles. The van der Waals surface area contributed by atoms with Crippen molar-refractivity contribution in [2.45, 2.75) is 27.7 Å². The summed E-state index contributed by atoms with van der Waals surface area (Å²) in [5.74, 6) is 0. The predicted molar refractivity (Wildman–Crippen MR) is 430 cm³/mol. The first-order chi connectivity index (χ1) is 52.0. The minimum Gasteiger partial charge on any atom is -0.309 e. The molecule has 6 aromatic heterocycles. The third-order valence-corrected chi connectivity index (χ3v) is 21.1. The Balaban J connectivity index is 1.01. The van der Waals surface area contributed by atoms with Crippen LogP contribution in [0.1, 0.15) is 44.5 Å². The standard InChI is InChI=1S/C96H60N10/c1-57-19-37-83-74(45-57)75-46-58(2)20-38-84(75)103(83)69-31-27-67(28-32-69)93-95(105-87-41-23-61(53-97)49-78(87)79-50-62(54-98)24-42-88(79)105)91(72-18-12-11-17-71(72)73-35-36-82(65-13-7-5-8-14-65)101-92(73)66-15-9-6-10-16-66)96(106-89-43-25-63(55-99)51-80(89)81-52-64(56-100)26-44-90(81)106)94(102-93)68-29-33-70(34-30-68)104-85-39-21-59(3)47-76(85)77-48-60(4)22-40-86(77)104/h5-52H,1-4H3. The van der Waals surface area contributed by atoms with Gasteiger partial charge in [0.2, 0.25) is 0 Å². The van der Waals surface area contributed by atoms with Crippen LogP contribution in [0.15, 0.2) is 291 Å². The number of benzene rings is 13. The molecule has 13 aromatic carbocycles. The summed E-state index contributed by atoms with van der Waals surface area (Å²) in [5.41, 5.74) is 27.1. The fourth-order valence-corrected chi connectivity index (χ4v) is 16.3. The summed E-state index contributed by atoms with van der Waals surface area (Å²) in [6.07, 6.45) is 0. The highest BCUT2D eigenvalue weighted by Gasteiger charge is 2.33. The molecular formula is C96H60N10. The van der Waals surface area contributed by atoms with Gasteiger partial charge in [-0.25, -0.2) is 9.97 Å². The van der Waals surface area contributed by atoms with E-state index in [1.54, 1.807) is 0 Å². The van der Waals surface area contributed by atoms with Crippen molar-refractivity contribution in [1.82, 2.24) is 28.2 Å². The van der Waals surface area contributed by atoms with Crippen LogP contribution in [-0.4, -0.2) is 28.2 Å². The van der Waals surface area contributed by atoms with Gasteiger partial charge in [-0.2, -0.15) is 21.0 Å². The first-order valence-corrected chi connectivity index (χ1v) is 35.3. The molecule has 0 spiro atoms. The van der Waals surface area contributed by atoms with E-state index in [1.807, 2.05) is 97.1 Å². The van der Waals surface area contributed by atoms with Gasteiger partial charge in [-0.15, -0.1) is 0 Å². The van der Waals surface area contributed by atoms with E-state index in [2.05, 4.69) is 264 Å². The smallest absolute Gasteiger partial charge is 0.0991 e. The van der Waals surface area contributed by atoms with Crippen molar-refractivity contribution in [3.63, 3.8) is 0 Å². The van der Waals surface area contributed by atoms with Crippen molar-refractivity contribution in [2.75, 3.05) is 0 Å². The fourth-order valence-electron chi connectivity index (χ4n) is 16.3. The van der Waals surface area contributed by atoms with E-state index >= 15 is 0 Å². The van der Waals surface area contributed by atoms with Crippen molar-refractivity contribution < 1.29 is 0 Å². The molecule has 19 aromatic rings. The molecule has 494 valence electrons. The molecule has 0 N–H and O–H groups in total. The Morgan fingerprint density at radius 2 is 0.557 bits per heavy atom. The highest BCUT2D eigenvalue weighted by atomic mass is 15.1. The molecule has 0 bridgehead atoms. The monoisotopic (exact) mass is 1350 g/mol. The molecule has 0 unspecified atom stereocenters. The van der Waals surface area contributed by atoms with E-state index in [-0.39, 0.29) is 0 Å². The van der Waals surface area contributed by atoms with Crippen LogP contribution in [0, 0.1) is 73.0 Å². The molecular weight excluding hydrogens is 1290 g/mol. The van der Waals surface area contributed by atoms with Crippen molar-refractivity contribution in [1.29, 1.82) is 21.0 Å². The van der Waals surface area contributed by atoms with Crippen LogP contribution in [-0.2, 0) is 0 Å². The molecule has 0 fully saturated rings. The fraction of sp³-hybridized carbons (Fsp3) is 0.0417. The van der Waals surface area contributed by atoms with Gasteiger partial charge in [0.15, 0.2) is 0 Å². The van der Waals surface area contributed by atoms with Crippen LogP contribution in [0.3, 0.4) is 0 Å². The first kappa shape index (κ1) is 62.3. The second-order valence-corrected chi connectivity index (χ2v) is 27.6. The zero-order valence-electron chi connectivity index (χ0n) is 58.2. The SMILES string of the molecule is Cc1ccc2c(c1)c1cc(C)ccc1n2-c1ccc(-c2nc(-c3ccc(-n4c5ccc(C)cc5c5cc(C)ccc54)cc3)c(-n3c4ccc(C#N)cc4c4cc(C#N)ccc43)c(-c3ccccc3-c3ccc(-c4ccccc4)nc3-c3ccccc3)c2-n2c3ccc(C#N)cc3c3cc(C#N)ccc32)cc1. The second-order valence-electron chi connectivity index (χ2n) is 27.6. The van der Waals surface area contributed by atoms with E-state index < -0.39 is 0 Å². The Labute approximate surface area is 610 Å². The highest BCUT2D eigenvalue weighted by Crippen LogP contribution is 2.52. The normalized spacial score (nSPS) is 11.5. The van der Waals surface area contributed by atoms with Gasteiger partial charge in [0, 0.05) is 87.8 Å².